The summed E-state index contributed by atoms with van der Waals surface area (Å²) in [6.07, 6.45) is 4.39. The van der Waals surface area contributed by atoms with Crippen molar-refractivity contribution in [3.63, 3.8) is 0 Å². The molecule has 1 aromatic heterocycles. The maximum atomic E-state index is 12.4. The summed E-state index contributed by atoms with van der Waals surface area (Å²) in [5, 5.41) is 10.3. The third-order valence-electron chi connectivity index (χ3n) is 6.48. The van der Waals surface area contributed by atoms with Gasteiger partial charge in [-0.1, -0.05) is 19.1 Å². The van der Waals surface area contributed by atoms with E-state index in [0.717, 1.165) is 82.8 Å². The molecule has 0 saturated carbocycles. The molecule has 1 fully saturated rings. The molecule has 0 bridgehead atoms. The van der Waals surface area contributed by atoms with Crippen LogP contribution in [0.1, 0.15) is 48.7 Å². The number of carbonyl (C=O) groups is 1. The zero-order chi connectivity index (χ0) is 22.5. The minimum Gasteiger partial charge on any atom is -0.493 e. The van der Waals surface area contributed by atoms with Crippen LogP contribution in [0.2, 0.25) is 0 Å². The zero-order valence-electron chi connectivity index (χ0n) is 19.0. The van der Waals surface area contributed by atoms with Crippen LogP contribution in [0.15, 0.2) is 29.1 Å². The second-order valence-electron chi connectivity index (χ2n) is 8.65. The lowest BCUT2D eigenvalue weighted by Crippen LogP contribution is -2.47. The van der Waals surface area contributed by atoms with Gasteiger partial charge in [-0.05, 0) is 50.8 Å². The zero-order valence-corrected chi connectivity index (χ0v) is 19.0. The molecule has 0 atom stereocenters. The molecule has 1 N–H and O–H groups in total. The molecular formula is C24H34N4O4. The van der Waals surface area contributed by atoms with E-state index >= 15 is 0 Å². The first-order chi connectivity index (χ1) is 15.6. The van der Waals surface area contributed by atoms with E-state index in [1.54, 1.807) is 4.57 Å². The van der Waals surface area contributed by atoms with Gasteiger partial charge in [-0.25, -0.2) is 9.59 Å². The number of unbranched alkanes of at least 4 members (excludes halogenated alkanes) is 1. The minimum absolute atomic E-state index is 0.0697. The van der Waals surface area contributed by atoms with Gasteiger partial charge < -0.3 is 14.7 Å². The number of piperazine rings is 1. The van der Waals surface area contributed by atoms with Crippen molar-refractivity contribution >= 4 is 11.7 Å². The largest absolute Gasteiger partial charge is 0.493 e. The fraction of sp³-hybridized carbons (Fsp3) is 0.583. The van der Waals surface area contributed by atoms with E-state index in [4.69, 9.17) is 4.74 Å². The van der Waals surface area contributed by atoms with Gasteiger partial charge in [0.2, 0.25) is 5.88 Å². The van der Waals surface area contributed by atoms with Crippen LogP contribution in [0.25, 0.3) is 0 Å². The number of hydrogen-bond acceptors (Lipinski definition) is 6. The van der Waals surface area contributed by atoms with E-state index < -0.39 is 0 Å². The lowest BCUT2D eigenvalue weighted by atomic mass is 10.1. The molecule has 32 heavy (non-hydrogen) atoms. The number of aromatic nitrogens is 2. The van der Waals surface area contributed by atoms with Crippen LogP contribution in [0.4, 0.5) is 5.69 Å². The maximum Gasteiger partial charge on any atom is 0.340 e. The normalized spacial score (nSPS) is 16.3. The van der Waals surface area contributed by atoms with Crippen molar-refractivity contribution in [2.75, 3.05) is 44.2 Å². The number of hydrogen-bond donors (Lipinski definition) is 1. The van der Waals surface area contributed by atoms with Gasteiger partial charge in [0.15, 0.2) is 0 Å². The highest BCUT2D eigenvalue weighted by Crippen LogP contribution is 2.24. The quantitative estimate of drug-likeness (QED) is 0.475. The average molecular weight is 443 g/mol. The molecule has 0 aliphatic carbocycles. The van der Waals surface area contributed by atoms with E-state index in [0.29, 0.717) is 18.7 Å². The molecule has 0 radical (unpaired) electrons. The summed E-state index contributed by atoms with van der Waals surface area (Å²) >= 11 is 0. The van der Waals surface area contributed by atoms with Gasteiger partial charge in [-0.15, -0.1) is 0 Å². The smallest absolute Gasteiger partial charge is 0.340 e. The van der Waals surface area contributed by atoms with Crippen LogP contribution >= 0.6 is 0 Å². The second kappa shape index (κ2) is 10.3. The van der Waals surface area contributed by atoms with Gasteiger partial charge in [-0.2, -0.15) is 0 Å². The number of para-hydroxylation sites is 1. The molecule has 2 aliphatic rings. The first kappa shape index (κ1) is 22.5. The molecular weight excluding hydrogens is 408 g/mol. The Morgan fingerprint density at radius 1 is 1.06 bits per heavy atom. The van der Waals surface area contributed by atoms with Crippen molar-refractivity contribution in [1.29, 1.82) is 0 Å². The Bertz CT molecular complexity index is 988. The van der Waals surface area contributed by atoms with Crippen LogP contribution < -0.4 is 10.6 Å². The Morgan fingerprint density at radius 3 is 2.56 bits per heavy atom. The highest BCUT2D eigenvalue weighted by atomic mass is 16.5. The van der Waals surface area contributed by atoms with Crippen LogP contribution in [0.3, 0.4) is 0 Å². The first-order valence-corrected chi connectivity index (χ1v) is 11.8. The van der Waals surface area contributed by atoms with Gasteiger partial charge in [-0.3, -0.25) is 14.0 Å². The molecule has 4 rings (SSSR count). The number of ether oxygens (including phenoxy) is 1. The summed E-state index contributed by atoms with van der Waals surface area (Å²) in [5.41, 5.74) is 2.31. The fourth-order valence-electron chi connectivity index (χ4n) is 4.72. The number of benzene rings is 1. The number of esters is 1. The Balaban J connectivity index is 1.24. The monoisotopic (exact) mass is 442 g/mol. The Morgan fingerprint density at radius 2 is 1.81 bits per heavy atom. The maximum absolute atomic E-state index is 12.4. The number of anilines is 1. The molecule has 2 aliphatic heterocycles. The number of fused-ring (bicyclic) bond motifs is 1. The van der Waals surface area contributed by atoms with Gasteiger partial charge in [0, 0.05) is 39.3 Å². The predicted octanol–water partition coefficient (Wildman–Crippen LogP) is 2.47. The van der Waals surface area contributed by atoms with E-state index in [1.807, 2.05) is 31.2 Å². The van der Waals surface area contributed by atoms with Crippen LogP contribution in [-0.4, -0.2) is 64.4 Å². The lowest BCUT2D eigenvalue weighted by Gasteiger charge is -2.36. The number of imidazole rings is 1. The predicted molar refractivity (Wildman–Crippen MR) is 124 cm³/mol. The SMILES string of the molecule is CCCOC(=O)c1ccccc1N1CCN(CCCCn2c(O)c3n(c2=O)CCC3)CC1. The molecule has 0 unspecified atom stereocenters. The summed E-state index contributed by atoms with van der Waals surface area (Å²) in [4.78, 5) is 29.5. The lowest BCUT2D eigenvalue weighted by molar-refractivity contribution is 0.0505. The third-order valence-corrected chi connectivity index (χ3v) is 6.48. The van der Waals surface area contributed by atoms with Crippen molar-refractivity contribution in [2.45, 2.75) is 52.1 Å². The summed E-state index contributed by atoms with van der Waals surface area (Å²) < 4.78 is 8.59. The van der Waals surface area contributed by atoms with Crippen LogP contribution in [-0.2, 0) is 24.2 Å². The third kappa shape index (κ3) is 4.70. The number of nitrogens with zero attached hydrogens (tertiary/aromatic N) is 4. The van der Waals surface area contributed by atoms with E-state index in [-0.39, 0.29) is 17.5 Å². The highest BCUT2D eigenvalue weighted by Gasteiger charge is 2.24. The molecule has 0 amide bonds. The number of aromatic hydroxyl groups is 1. The molecule has 0 spiro atoms. The van der Waals surface area contributed by atoms with Gasteiger partial charge >= 0.3 is 11.7 Å². The van der Waals surface area contributed by atoms with Gasteiger partial charge in [0.1, 0.15) is 0 Å². The molecule has 8 heteroatoms. The first-order valence-electron chi connectivity index (χ1n) is 11.8. The number of carbonyl (C=O) groups excluding carboxylic acids is 1. The van der Waals surface area contributed by atoms with Crippen molar-refractivity contribution in [2.24, 2.45) is 0 Å². The Hall–Kier alpha value is -2.74. The fourth-order valence-corrected chi connectivity index (χ4v) is 4.72. The topological polar surface area (TPSA) is 79.9 Å². The van der Waals surface area contributed by atoms with Gasteiger partial charge in [0.05, 0.1) is 23.6 Å². The Labute approximate surface area is 189 Å². The van der Waals surface area contributed by atoms with Crippen molar-refractivity contribution < 1.29 is 14.6 Å². The van der Waals surface area contributed by atoms with Gasteiger partial charge in [0.25, 0.3) is 0 Å². The highest BCUT2D eigenvalue weighted by molar-refractivity contribution is 5.95. The van der Waals surface area contributed by atoms with Crippen molar-refractivity contribution in [1.82, 2.24) is 14.0 Å². The summed E-state index contributed by atoms with van der Waals surface area (Å²) in [7, 11) is 0. The van der Waals surface area contributed by atoms with Crippen molar-refractivity contribution in [3.8, 4) is 5.88 Å². The molecule has 2 aromatic rings. The molecule has 1 aromatic carbocycles. The van der Waals surface area contributed by atoms with Crippen molar-refractivity contribution in [3.05, 3.63) is 46.0 Å². The summed E-state index contributed by atoms with van der Waals surface area (Å²) in [6, 6.07) is 7.69. The van der Waals surface area contributed by atoms with Crippen LogP contribution in [0.5, 0.6) is 5.88 Å². The Kier molecular flexibility index (Phi) is 7.19. The van der Waals surface area contributed by atoms with Crippen LogP contribution in [0, 0.1) is 0 Å². The molecule has 3 heterocycles. The summed E-state index contributed by atoms with van der Waals surface area (Å²) in [5.74, 6) is -0.0859. The second-order valence-corrected chi connectivity index (χ2v) is 8.65. The van der Waals surface area contributed by atoms with E-state index in [1.165, 1.54) is 4.57 Å². The van der Waals surface area contributed by atoms with E-state index in [2.05, 4.69) is 9.80 Å². The molecule has 1 saturated heterocycles. The number of rotatable bonds is 9. The average Bonchev–Trinajstić information content (AvgIpc) is 3.39. The minimum atomic E-state index is -0.250. The van der Waals surface area contributed by atoms with E-state index in [9.17, 15) is 14.7 Å². The summed E-state index contributed by atoms with van der Waals surface area (Å²) in [6.45, 7) is 8.29. The standard InChI is InChI=1S/C24H34N4O4/c1-2-18-32-23(30)19-8-3-4-9-20(19)26-16-14-25(15-17-26)11-5-6-12-28-22(29)21-10-7-13-27(21)24(28)31/h3-4,8-9,29H,2,5-7,10-18H2,1H3. The molecule has 174 valence electrons. The molecule has 8 nitrogen and oxygen atoms in total.